The van der Waals surface area contributed by atoms with E-state index >= 15 is 0 Å². The van der Waals surface area contributed by atoms with Gasteiger partial charge in [0.25, 0.3) is 0 Å². The molecule has 4 nitrogen and oxygen atoms in total. The minimum absolute atomic E-state index is 0.0702. The summed E-state index contributed by atoms with van der Waals surface area (Å²) in [5, 5.41) is 8.82. The highest BCUT2D eigenvalue weighted by molar-refractivity contribution is 5.82. The van der Waals surface area contributed by atoms with Crippen LogP contribution in [0.5, 0.6) is 0 Å². The van der Waals surface area contributed by atoms with Crippen LogP contribution in [0.3, 0.4) is 0 Å². The van der Waals surface area contributed by atoms with Crippen molar-refractivity contribution in [3.63, 3.8) is 0 Å². The molecular weight excluding hydrogens is 190 g/mol. The molecule has 82 valence electrons. The average molecular weight is 207 g/mol. The van der Waals surface area contributed by atoms with Crippen molar-refractivity contribution in [2.45, 2.75) is 26.3 Å². The fraction of sp³-hybridized carbons (Fsp3) is 0.818. The zero-order chi connectivity index (χ0) is 11.0. The van der Waals surface area contributed by atoms with Crippen LogP contribution in [-0.2, 0) is 4.79 Å². The van der Waals surface area contributed by atoms with Crippen LogP contribution in [0, 0.1) is 23.3 Å². The largest absolute Gasteiger partial charge is 0.340 e. The van der Waals surface area contributed by atoms with Gasteiger partial charge in [-0.15, -0.1) is 0 Å². The number of amides is 1. The Morgan fingerprint density at radius 2 is 2.20 bits per heavy atom. The number of piperidine rings is 1. The molecule has 2 heterocycles. The van der Waals surface area contributed by atoms with Gasteiger partial charge in [0, 0.05) is 25.7 Å². The summed E-state index contributed by atoms with van der Waals surface area (Å²) in [7, 11) is 0. The van der Waals surface area contributed by atoms with Crippen LogP contribution in [0.15, 0.2) is 0 Å². The molecule has 0 aromatic rings. The first-order valence-corrected chi connectivity index (χ1v) is 5.58. The van der Waals surface area contributed by atoms with E-state index in [0.29, 0.717) is 18.5 Å². The number of nitrogens with zero attached hydrogens (tertiary/aromatic N) is 3. The molecule has 2 saturated heterocycles. The van der Waals surface area contributed by atoms with Gasteiger partial charge in [0.05, 0.1) is 5.92 Å². The smallest absolute Gasteiger partial charge is 0.228 e. The second-order valence-corrected chi connectivity index (χ2v) is 4.79. The van der Waals surface area contributed by atoms with E-state index in [-0.39, 0.29) is 11.8 Å². The Balaban J connectivity index is 2.10. The summed E-state index contributed by atoms with van der Waals surface area (Å²) in [6.45, 7) is 6.44. The Morgan fingerprint density at radius 3 is 2.80 bits per heavy atom. The standard InChI is InChI=1S/C11H17N3O/c1-8(2)14-5-9-3-4-13(7-12)6-10(9)11(14)15/h8-10H,3-6H2,1-2H3/t9-,10-/m1/s1. The van der Waals surface area contributed by atoms with Crippen LogP contribution >= 0.6 is 0 Å². The highest BCUT2D eigenvalue weighted by atomic mass is 16.2. The Bertz CT molecular complexity index is 307. The van der Waals surface area contributed by atoms with Gasteiger partial charge in [-0.05, 0) is 26.2 Å². The Morgan fingerprint density at radius 1 is 1.47 bits per heavy atom. The Labute approximate surface area is 90.5 Å². The van der Waals surface area contributed by atoms with Crippen LogP contribution in [0.4, 0.5) is 0 Å². The minimum atomic E-state index is 0.0702. The summed E-state index contributed by atoms with van der Waals surface area (Å²) in [5.74, 6) is 0.792. The van der Waals surface area contributed by atoms with Crippen LogP contribution < -0.4 is 0 Å². The zero-order valence-electron chi connectivity index (χ0n) is 9.31. The molecule has 2 atom stereocenters. The molecule has 2 fully saturated rings. The highest BCUT2D eigenvalue weighted by Crippen LogP contribution is 2.32. The van der Waals surface area contributed by atoms with E-state index in [1.807, 2.05) is 4.90 Å². The molecule has 0 aromatic carbocycles. The normalized spacial score (nSPS) is 30.7. The van der Waals surface area contributed by atoms with Gasteiger partial charge in [0.15, 0.2) is 6.19 Å². The molecule has 15 heavy (non-hydrogen) atoms. The fourth-order valence-electron chi connectivity index (χ4n) is 2.61. The maximum absolute atomic E-state index is 12.0. The monoisotopic (exact) mass is 207 g/mol. The molecule has 0 saturated carbocycles. The maximum atomic E-state index is 12.0. The first-order valence-electron chi connectivity index (χ1n) is 5.58. The summed E-state index contributed by atoms with van der Waals surface area (Å²) in [5.41, 5.74) is 0. The molecule has 0 radical (unpaired) electrons. The number of hydrogen-bond acceptors (Lipinski definition) is 3. The van der Waals surface area contributed by atoms with E-state index in [0.717, 1.165) is 19.5 Å². The lowest BCUT2D eigenvalue weighted by Crippen LogP contribution is -2.39. The Kier molecular flexibility index (Phi) is 2.56. The third-order valence-corrected chi connectivity index (χ3v) is 3.55. The molecule has 2 rings (SSSR count). The van der Waals surface area contributed by atoms with Gasteiger partial charge in [0.2, 0.25) is 5.91 Å². The highest BCUT2D eigenvalue weighted by Gasteiger charge is 2.43. The molecule has 2 aliphatic heterocycles. The summed E-state index contributed by atoms with van der Waals surface area (Å²) in [6.07, 6.45) is 3.12. The number of likely N-dealkylation sites (tertiary alicyclic amines) is 2. The Hall–Kier alpha value is -1.24. The van der Waals surface area contributed by atoms with Crippen molar-refractivity contribution in [3.8, 4) is 6.19 Å². The average Bonchev–Trinajstić information content (AvgIpc) is 2.56. The number of hydrogen-bond donors (Lipinski definition) is 0. The van der Waals surface area contributed by atoms with Crippen LogP contribution in [0.2, 0.25) is 0 Å². The van der Waals surface area contributed by atoms with E-state index in [1.54, 1.807) is 4.90 Å². The lowest BCUT2D eigenvalue weighted by Gasteiger charge is -2.28. The van der Waals surface area contributed by atoms with E-state index in [1.165, 1.54) is 0 Å². The number of carbonyl (C=O) groups excluding carboxylic acids is 1. The van der Waals surface area contributed by atoms with Crippen molar-refractivity contribution in [3.05, 3.63) is 0 Å². The van der Waals surface area contributed by atoms with E-state index in [4.69, 9.17) is 5.26 Å². The summed E-state index contributed by atoms with van der Waals surface area (Å²) in [4.78, 5) is 15.7. The van der Waals surface area contributed by atoms with Gasteiger partial charge in [-0.3, -0.25) is 4.79 Å². The summed E-state index contributed by atoms with van der Waals surface area (Å²) >= 11 is 0. The second kappa shape index (κ2) is 3.73. The lowest BCUT2D eigenvalue weighted by molar-refractivity contribution is -0.133. The molecule has 0 aliphatic carbocycles. The first kappa shape index (κ1) is 10.3. The number of nitriles is 1. The van der Waals surface area contributed by atoms with Gasteiger partial charge in [-0.2, -0.15) is 5.26 Å². The van der Waals surface area contributed by atoms with Crippen LogP contribution in [-0.4, -0.2) is 41.4 Å². The van der Waals surface area contributed by atoms with E-state index < -0.39 is 0 Å². The zero-order valence-corrected chi connectivity index (χ0v) is 9.31. The van der Waals surface area contributed by atoms with Gasteiger partial charge in [0.1, 0.15) is 0 Å². The lowest BCUT2D eigenvalue weighted by atomic mass is 9.88. The molecule has 0 unspecified atom stereocenters. The molecule has 0 N–H and O–H groups in total. The maximum Gasteiger partial charge on any atom is 0.228 e. The number of rotatable bonds is 1. The third kappa shape index (κ3) is 1.67. The fourth-order valence-corrected chi connectivity index (χ4v) is 2.61. The molecular formula is C11H17N3O. The quantitative estimate of drug-likeness (QED) is 0.593. The number of carbonyl (C=O) groups is 1. The molecule has 0 aromatic heterocycles. The first-order chi connectivity index (χ1) is 7.13. The van der Waals surface area contributed by atoms with E-state index in [9.17, 15) is 4.79 Å². The SMILES string of the molecule is CC(C)N1C[C@H]2CCN(C#N)C[C@H]2C1=O. The van der Waals surface area contributed by atoms with Crippen molar-refractivity contribution in [1.82, 2.24) is 9.80 Å². The van der Waals surface area contributed by atoms with Gasteiger partial charge >= 0.3 is 0 Å². The van der Waals surface area contributed by atoms with Crippen molar-refractivity contribution < 1.29 is 4.79 Å². The molecule has 4 heteroatoms. The third-order valence-electron chi connectivity index (χ3n) is 3.55. The predicted octanol–water partition coefficient (Wildman–Crippen LogP) is 0.656. The van der Waals surface area contributed by atoms with Crippen molar-refractivity contribution in [2.24, 2.45) is 11.8 Å². The van der Waals surface area contributed by atoms with Crippen LogP contribution in [0.25, 0.3) is 0 Å². The summed E-state index contributed by atoms with van der Waals surface area (Å²) in [6, 6.07) is 0.290. The van der Waals surface area contributed by atoms with E-state index in [2.05, 4.69) is 20.0 Å². The van der Waals surface area contributed by atoms with Gasteiger partial charge in [-0.1, -0.05) is 0 Å². The topological polar surface area (TPSA) is 47.3 Å². The molecule has 1 amide bonds. The van der Waals surface area contributed by atoms with Crippen molar-refractivity contribution in [2.75, 3.05) is 19.6 Å². The second-order valence-electron chi connectivity index (χ2n) is 4.79. The molecule has 0 spiro atoms. The summed E-state index contributed by atoms with van der Waals surface area (Å²) < 4.78 is 0. The molecule has 2 aliphatic rings. The predicted molar refractivity (Wildman–Crippen MR) is 55.6 cm³/mol. The van der Waals surface area contributed by atoms with Gasteiger partial charge < -0.3 is 9.80 Å². The number of fused-ring (bicyclic) bond motifs is 1. The van der Waals surface area contributed by atoms with Gasteiger partial charge in [-0.25, -0.2) is 0 Å². The van der Waals surface area contributed by atoms with Crippen molar-refractivity contribution >= 4 is 5.91 Å². The minimum Gasteiger partial charge on any atom is -0.340 e. The van der Waals surface area contributed by atoms with Crippen LogP contribution in [0.1, 0.15) is 20.3 Å². The molecule has 0 bridgehead atoms. The van der Waals surface area contributed by atoms with Crippen molar-refractivity contribution in [1.29, 1.82) is 5.26 Å².